The summed E-state index contributed by atoms with van der Waals surface area (Å²) in [6.07, 6.45) is -2.88. The molecule has 0 aliphatic carbocycles. The Morgan fingerprint density at radius 1 is 1.11 bits per heavy atom. The molecule has 2 nitrogen and oxygen atoms in total. The summed E-state index contributed by atoms with van der Waals surface area (Å²) in [5.41, 5.74) is 6.12. The Hall–Kier alpha value is -2.08. The summed E-state index contributed by atoms with van der Waals surface area (Å²) in [4.78, 5) is 0.902. The van der Waals surface area contributed by atoms with E-state index in [9.17, 15) is 13.2 Å². The van der Waals surface area contributed by atoms with Crippen molar-refractivity contribution >= 4 is 24.0 Å². The van der Waals surface area contributed by atoms with Crippen LogP contribution in [0.4, 0.5) is 24.5 Å². The van der Waals surface area contributed by atoms with Gasteiger partial charge in [-0.15, -0.1) is 12.6 Å². The van der Waals surface area contributed by atoms with Crippen LogP contribution in [-0.2, 0) is 12.6 Å². The lowest BCUT2D eigenvalue weighted by Gasteiger charge is -2.29. The third kappa shape index (κ3) is 6.82. The van der Waals surface area contributed by atoms with Crippen LogP contribution in [0.1, 0.15) is 45.2 Å². The van der Waals surface area contributed by atoms with Crippen LogP contribution in [0.2, 0.25) is 0 Å². The first kappa shape index (κ1) is 24.0. The van der Waals surface area contributed by atoms with Crippen molar-refractivity contribution in [1.82, 2.24) is 0 Å². The lowest BCUT2D eigenvalue weighted by atomic mass is 9.83. The second kappa shape index (κ2) is 9.92. The second-order valence-electron chi connectivity index (χ2n) is 6.96. The van der Waals surface area contributed by atoms with Gasteiger partial charge in [-0.05, 0) is 48.7 Å². The molecule has 0 saturated heterocycles. The number of anilines is 2. The molecule has 0 atom stereocenters. The summed E-state index contributed by atoms with van der Waals surface area (Å²) in [5, 5.41) is 3.00. The van der Waals surface area contributed by atoms with Crippen molar-refractivity contribution in [3.63, 3.8) is 0 Å². The fraction of sp³-hybridized carbons (Fsp3) is 0.364. The standard InChI is InChI=1S/C20H23F3N2S.C2H6/c1-13(19(2,3)10-9-14-5-4-6-16(26)11-14)25-15-7-8-18(24)17(12-15)20(21,22)23;1-2/h4-8,11-12,25-26H,1,9-10,24H2,2-3H3;1-2H3. The molecule has 0 bridgehead atoms. The number of rotatable bonds is 6. The predicted octanol–water partition coefficient (Wildman–Crippen LogP) is 7.19. The van der Waals surface area contributed by atoms with Gasteiger partial charge in [0.1, 0.15) is 0 Å². The van der Waals surface area contributed by atoms with E-state index in [0.717, 1.165) is 29.4 Å². The van der Waals surface area contributed by atoms with Crippen molar-refractivity contribution in [1.29, 1.82) is 0 Å². The zero-order chi connectivity index (χ0) is 21.5. The molecule has 2 aromatic rings. The number of nitrogens with two attached hydrogens (primary N) is 1. The average molecular weight is 411 g/mol. The molecule has 0 aliphatic rings. The van der Waals surface area contributed by atoms with Crippen molar-refractivity contribution in [2.75, 3.05) is 11.1 Å². The zero-order valence-electron chi connectivity index (χ0n) is 16.8. The molecule has 2 rings (SSSR count). The van der Waals surface area contributed by atoms with Crippen molar-refractivity contribution in [2.45, 2.75) is 51.6 Å². The van der Waals surface area contributed by atoms with E-state index in [1.165, 1.54) is 12.1 Å². The van der Waals surface area contributed by atoms with E-state index in [1.54, 1.807) is 0 Å². The lowest BCUT2D eigenvalue weighted by Crippen LogP contribution is -2.21. The SMILES string of the molecule is C=C(Nc1ccc(N)c(C(F)(F)F)c1)C(C)(C)CCc1cccc(S)c1.CC. The van der Waals surface area contributed by atoms with Gasteiger partial charge in [0.2, 0.25) is 0 Å². The monoisotopic (exact) mass is 410 g/mol. The number of alkyl halides is 3. The molecular formula is C22H29F3N2S. The van der Waals surface area contributed by atoms with Gasteiger partial charge in [-0.3, -0.25) is 0 Å². The van der Waals surface area contributed by atoms with Crippen LogP contribution in [0.5, 0.6) is 0 Å². The maximum atomic E-state index is 13.0. The summed E-state index contributed by atoms with van der Waals surface area (Å²) in [6, 6.07) is 11.7. The molecular weight excluding hydrogens is 381 g/mol. The Kier molecular flexibility index (Phi) is 8.48. The lowest BCUT2D eigenvalue weighted by molar-refractivity contribution is -0.136. The summed E-state index contributed by atoms with van der Waals surface area (Å²) in [6.45, 7) is 12.0. The first-order valence-electron chi connectivity index (χ1n) is 9.20. The van der Waals surface area contributed by atoms with E-state index in [-0.39, 0.29) is 11.1 Å². The molecule has 0 fully saturated rings. The smallest absolute Gasteiger partial charge is 0.398 e. The van der Waals surface area contributed by atoms with Gasteiger partial charge < -0.3 is 11.1 Å². The number of nitrogens with one attached hydrogen (secondary N) is 1. The number of aryl methyl sites for hydroxylation is 1. The Labute approximate surface area is 171 Å². The van der Waals surface area contributed by atoms with Gasteiger partial charge in [0.15, 0.2) is 0 Å². The average Bonchev–Trinajstić information content (AvgIpc) is 2.62. The van der Waals surface area contributed by atoms with E-state index in [2.05, 4.69) is 24.5 Å². The highest BCUT2D eigenvalue weighted by molar-refractivity contribution is 7.80. The van der Waals surface area contributed by atoms with E-state index >= 15 is 0 Å². The molecule has 0 saturated carbocycles. The van der Waals surface area contributed by atoms with Gasteiger partial charge in [-0.25, -0.2) is 0 Å². The molecule has 0 radical (unpaired) electrons. The van der Waals surface area contributed by atoms with Crippen LogP contribution in [0.15, 0.2) is 59.6 Å². The number of benzene rings is 2. The molecule has 0 spiro atoms. The molecule has 0 unspecified atom stereocenters. The minimum Gasteiger partial charge on any atom is -0.398 e. The van der Waals surface area contributed by atoms with Crippen molar-refractivity contribution in [3.8, 4) is 0 Å². The normalized spacial score (nSPS) is 11.4. The number of hydrogen-bond acceptors (Lipinski definition) is 3. The van der Waals surface area contributed by atoms with Crippen molar-refractivity contribution in [2.24, 2.45) is 5.41 Å². The second-order valence-corrected chi connectivity index (χ2v) is 7.47. The van der Waals surface area contributed by atoms with Crippen LogP contribution in [0.25, 0.3) is 0 Å². The highest BCUT2D eigenvalue weighted by Crippen LogP contribution is 2.37. The van der Waals surface area contributed by atoms with Crippen molar-refractivity contribution in [3.05, 3.63) is 65.9 Å². The number of allylic oxidation sites excluding steroid dienone is 1. The Balaban J connectivity index is 0.00000190. The van der Waals surface area contributed by atoms with Crippen molar-refractivity contribution < 1.29 is 13.2 Å². The third-order valence-electron chi connectivity index (χ3n) is 4.42. The zero-order valence-corrected chi connectivity index (χ0v) is 17.7. The van der Waals surface area contributed by atoms with E-state index < -0.39 is 11.7 Å². The molecule has 3 N–H and O–H groups in total. The Morgan fingerprint density at radius 2 is 1.75 bits per heavy atom. The van der Waals surface area contributed by atoms with Gasteiger partial charge in [-0.2, -0.15) is 13.2 Å². The summed E-state index contributed by atoms with van der Waals surface area (Å²) in [5.74, 6) is 0. The molecule has 6 heteroatoms. The van der Waals surface area contributed by atoms with Crippen LogP contribution in [0.3, 0.4) is 0 Å². The summed E-state index contributed by atoms with van der Waals surface area (Å²) >= 11 is 4.34. The molecule has 2 aromatic carbocycles. The van der Waals surface area contributed by atoms with Crippen LogP contribution < -0.4 is 11.1 Å². The fourth-order valence-electron chi connectivity index (χ4n) is 2.54. The van der Waals surface area contributed by atoms with Gasteiger partial charge in [0, 0.05) is 27.4 Å². The van der Waals surface area contributed by atoms with Gasteiger partial charge >= 0.3 is 6.18 Å². The highest BCUT2D eigenvalue weighted by atomic mass is 32.1. The van der Waals surface area contributed by atoms with Gasteiger partial charge in [0.25, 0.3) is 0 Å². The molecule has 0 aromatic heterocycles. The summed E-state index contributed by atoms with van der Waals surface area (Å²) < 4.78 is 39.0. The third-order valence-corrected chi connectivity index (χ3v) is 4.70. The van der Waals surface area contributed by atoms with E-state index in [1.807, 2.05) is 52.0 Å². The Bertz CT molecular complexity index is 799. The number of hydrogen-bond donors (Lipinski definition) is 3. The molecule has 0 aliphatic heterocycles. The summed E-state index contributed by atoms with van der Waals surface area (Å²) in [7, 11) is 0. The Morgan fingerprint density at radius 3 is 2.32 bits per heavy atom. The van der Waals surface area contributed by atoms with Crippen LogP contribution >= 0.6 is 12.6 Å². The van der Waals surface area contributed by atoms with Crippen LogP contribution in [-0.4, -0.2) is 0 Å². The van der Waals surface area contributed by atoms with E-state index in [0.29, 0.717) is 11.4 Å². The largest absolute Gasteiger partial charge is 0.418 e. The predicted molar refractivity (Wildman–Crippen MR) is 116 cm³/mol. The minimum absolute atomic E-state index is 0.292. The highest BCUT2D eigenvalue weighted by Gasteiger charge is 2.33. The topological polar surface area (TPSA) is 38.0 Å². The molecule has 154 valence electrons. The number of thiol groups is 1. The number of nitrogen functional groups attached to an aromatic ring is 1. The molecule has 28 heavy (non-hydrogen) atoms. The molecule has 0 heterocycles. The van der Waals surface area contributed by atoms with Crippen LogP contribution in [0, 0.1) is 5.41 Å². The maximum absolute atomic E-state index is 13.0. The van der Waals surface area contributed by atoms with Gasteiger partial charge in [-0.1, -0.05) is 46.4 Å². The first-order valence-corrected chi connectivity index (χ1v) is 9.65. The minimum atomic E-state index is -4.49. The quantitative estimate of drug-likeness (QED) is 0.348. The number of halogens is 3. The van der Waals surface area contributed by atoms with Gasteiger partial charge in [0.05, 0.1) is 5.56 Å². The fourth-order valence-corrected chi connectivity index (χ4v) is 2.79. The van der Waals surface area contributed by atoms with E-state index in [4.69, 9.17) is 5.73 Å². The first-order chi connectivity index (χ1) is 13.0. The molecule has 0 amide bonds. The maximum Gasteiger partial charge on any atom is 0.418 e.